The topological polar surface area (TPSA) is 41.6 Å². The third kappa shape index (κ3) is 3.75. The van der Waals surface area contributed by atoms with Gasteiger partial charge in [-0.3, -0.25) is 4.79 Å². The SMILES string of the molecule is CN(C(=O)C1CC1c1ccc(OCc2ccccc2)cc1)C1CCNC1. The molecular weight excluding hydrogens is 324 g/mol. The highest BCUT2D eigenvalue weighted by molar-refractivity contribution is 5.83. The summed E-state index contributed by atoms with van der Waals surface area (Å²) in [6, 6.07) is 18.8. The van der Waals surface area contributed by atoms with Crippen molar-refractivity contribution in [2.24, 2.45) is 5.92 Å². The van der Waals surface area contributed by atoms with Crippen molar-refractivity contribution in [3.63, 3.8) is 0 Å². The van der Waals surface area contributed by atoms with Gasteiger partial charge in [0.05, 0.1) is 0 Å². The molecule has 0 radical (unpaired) electrons. The fourth-order valence-electron chi connectivity index (χ4n) is 3.80. The summed E-state index contributed by atoms with van der Waals surface area (Å²) in [6.07, 6.45) is 2.03. The summed E-state index contributed by atoms with van der Waals surface area (Å²) < 4.78 is 5.85. The first-order valence-corrected chi connectivity index (χ1v) is 9.46. The molecule has 1 N–H and O–H groups in total. The molecule has 1 aliphatic carbocycles. The lowest BCUT2D eigenvalue weighted by molar-refractivity contribution is -0.133. The number of rotatable bonds is 6. The number of hydrogen-bond acceptors (Lipinski definition) is 3. The number of nitrogens with one attached hydrogen (secondary N) is 1. The van der Waals surface area contributed by atoms with Crippen LogP contribution in [0.25, 0.3) is 0 Å². The molecule has 0 aromatic heterocycles. The standard InChI is InChI=1S/C22H26N2O2/c1-24(18-11-12-23-14-18)22(25)21-13-20(21)17-7-9-19(10-8-17)26-15-16-5-3-2-4-6-16/h2-10,18,20-21,23H,11-15H2,1H3. The third-order valence-corrected chi connectivity index (χ3v) is 5.59. The zero-order valence-electron chi connectivity index (χ0n) is 15.2. The van der Waals surface area contributed by atoms with Crippen LogP contribution in [0.2, 0.25) is 0 Å². The van der Waals surface area contributed by atoms with Gasteiger partial charge < -0.3 is 15.0 Å². The van der Waals surface area contributed by atoms with Gasteiger partial charge in [0.25, 0.3) is 0 Å². The van der Waals surface area contributed by atoms with Crippen LogP contribution in [0.3, 0.4) is 0 Å². The van der Waals surface area contributed by atoms with Crippen molar-refractivity contribution in [2.45, 2.75) is 31.4 Å². The Bertz CT molecular complexity index is 738. The Labute approximate surface area is 155 Å². The molecular formula is C22H26N2O2. The summed E-state index contributed by atoms with van der Waals surface area (Å²) in [7, 11) is 1.95. The molecule has 1 heterocycles. The van der Waals surface area contributed by atoms with E-state index in [1.54, 1.807) is 0 Å². The molecule has 2 aromatic carbocycles. The Balaban J connectivity index is 1.31. The molecule has 136 valence electrons. The van der Waals surface area contributed by atoms with E-state index in [-0.39, 0.29) is 5.92 Å². The van der Waals surface area contributed by atoms with Crippen LogP contribution in [0.4, 0.5) is 0 Å². The molecule has 1 aliphatic heterocycles. The number of nitrogens with zero attached hydrogens (tertiary/aromatic N) is 1. The van der Waals surface area contributed by atoms with E-state index >= 15 is 0 Å². The van der Waals surface area contributed by atoms with Gasteiger partial charge in [0.15, 0.2) is 0 Å². The second-order valence-electron chi connectivity index (χ2n) is 7.39. The second kappa shape index (κ2) is 7.50. The molecule has 0 spiro atoms. The van der Waals surface area contributed by atoms with Crippen LogP contribution in [0.15, 0.2) is 54.6 Å². The van der Waals surface area contributed by atoms with Crippen LogP contribution in [-0.2, 0) is 11.4 Å². The van der Waals surface area contributed by atoms with E-state index in [0.717, 1.165) is 37.2 Å². The molecule has 1 saturated carbocycles. The highest BCUT2D eigenvalue weighted by atomic mass is 16.5. The molecule has 2 aliphatic rings. The van der Waals surface area contributed by atoms with Crippen molar-refractivity contribution in [3.05, 3.63) is 65.7 Å². The first kappa shape index (κ1) is 17.1. The Morgan fingerprint density at radius 3 is 2.62 bits per heavy atom. The molecule has 4 rings (SSSR count). The molecule has 1 saturated heterocycles. The number of hydrogen-bond donors (Lipinski definition) is 1. The summed E-state index contributed by atoms with van der Waals surface area (Å²) in [5.74, 6) is 1.68. The molecule has 1 amide bonds. The number of ether oxygens (including phenoxy) is 1. The van der Waals surface area contributed by atoms with E-state index in [4.69, 9.17) is 4.74 Å². The largest absolute Gasteiger partial charge is 0.489 e. The highest BCUT2D eigenvalue weighted by Crippen LogP contribution is 2.48. The van der Waals surface area contributed by atoms with Gasteiger partial charge in [-0.05, 0) is 48.6 Å². The second-order valence-corrected chi connectivity index (χ2v) is 7.39. The van der Waals surface area contributed by atoms with Crippen molar-refractivity contribution in [2.75, 3.05) is 20.1 Å². The number of likely N-dealkylation sites (N-methyl/N-ethyl adjacent to an activating group) is 1. The summed E-state index contributed by atoms with van der Waals surface area (Å²) in [4.78, 5) is 14.6. The first-order chi connectivity index (χ1) is 12.7. The zero-order chi connectivity index (χ0) is 17.9. The number of carbonyl (C=O) groups is 1. The molecule has 0 bridgehead atoms. The summed E-state index contributed by atoms with van der Waals surface area (Å²) in [5.41, 5.74) is 2.40. The van der Waals surface area contributed by atoms with Gasteiger partial charge in [-0.1, -0.05) is 42.5 Å². The number of amides is 1. The quantitative estimate of drug-likeness (QED) is 0.870. The minimum Gasteiger partial charge on any atom is -0.489 e. The lowest BCUT2D eigenvalue weighted by atomic mass is 10.1. The molecule has 2 fully saturated rings. The molecule has 3 atom stereocenters. The van der Waals surface area contributed by atoms with Crippen LogP contribution in [0.5, 0.6) is 5.75 Å². The summed E-state index contributed by atoms with van der Waals surface area (Å²) in [6.45, 7) is 2.51. The van der Waals surface area contributed by atoms with E-state index in [9.17, 15) is 4.79 Å². The summed E-state index contributed by atoms with van der Waals surface area (Å²) in [5, 5.41) is 3.33. The maximum atomic E-state index is 12.7. The lowest BCUT2D eigenvalue weighted by Gasteiger charge is -2.24. The van der Waals surface area contributed by atoms with Gasteiger partial charge in [0, 0.05) is 25.6 Å². The predicted molar refractivity (Wildman–Crippen MR) is 102 cm³/mol. The zero-order valence-corrected chi connectivity index (χ0v) is 15.2. The monoisotopic (exact) mass is 350 g/mol. The van der Waals surface area contributed by atoms with Crippen molar-refractivity contribution in [1.82, 2.24) is 10.2 Å². The average Bonchev–Trinajstić information content (AvgIpc) is 3.30. The minimum atomic E-state index is 0.150. The Morgan fingerprint density at radius 2 is 1.92 bits per heavy atom. The fraction of sp³-hybridized carbons (Fsp3) is 0.409. The van der Waals surface area contributed by atoms with E-state index in [1.165, 1.54) is 5.56 Å². The van der Waals surface area contributed by atoms with Gasteiger partial charge in [-0.2, -0.15) is 0 Å². The minimum absolute atomic E-state index is 0.150. The Hall–Kier alpha value is -2.33. The first-order valence-electron chi connectivity index (χ1n) is 9.46. The molecule has 2 aromatic rings. The maximum absolute atomic E-state index is 12.7. The van der Waals surface area contributed by atoms with E-state index in [1.807, 2.05) is 42.3 Å². The van der Waals surface area contributed by atoms with Gasteiger partial charge in [-0.15, -0.1) is 0 Å². The van der Waals surface area contributed by atoms with Gasteiger partial charge in [-0.25, -0.2) is 0 Å². The van der Waals surface area contributed by atoms with Gasteiger partial charge >= 0.3 is 0 Å². The van der Waals surface area contributed by atoms with Gasteiger partial charge in [0.1, 0.15) is 12.4 Å². The van der Waals surface area contributed by atoms with Crippen molar-refractivity contribution in [3.8, 4) is 5.75 Å². The van der Waals surface area contributed by atoms with Crippen LogP contribution in [0, 0.1) is 5.92 Å². The van der Waals surface area contributed by atoms with Crippen molar-refractivity contribution in [1.29, 1.82) is 0 Å². The molecule has 26 heavy (non-hydrogen) atoms. The van der Waals surface area contributed by atoms with E-state index in [2.05, 4.69) is 29.6 Å². The number of carbonyl (C=O) groups excluding carboxylic acids is 1. The third-order valence-electron chi connectivity index (χ3n) is 5.59. The Morgan fingerprint density at radius 1 is 1.15 bits per heavy atom. The number of benzene rings is 2. The van der Waals surface area contributed by atoms with Crippen molar-refractivity contribution >= 4 is 5.91 Å². The van der Waals surface area contributed by atoms with Crippen LogP contribution >= 0.6 is 0 Å². The molecule has 3 unspecified atom stereocenters. The van der Waals surface area contributed by atoms with Gasteiger partial charge in [0.2, 0.25) is 5.91 Å². The van der Waals surface area contributed by atoms with E-state index < -0.39 is 0 Å². The smallest absolute Gasteiger partial charge is 0.226 e. The molecule has 4 nitrogen and oxygen atoms in total. The lowest BCUT2D eigenvalue weighted by Crippen LogP contribution is -2.39. The summed E-state index contributed by atoms with van der Waals surface area (Å²) >= 11 is 0. The van der Waals surface area contributed by atoms with Crippen LogP contribution in [-0.4, -0.2) is 37.0 Å². The fourth-order valence-corrected chi connectivity index (χ4v) is 3.80. The normalized spacial score (nSPS) is 24.3. The van der Waals surface area contributed by atoms with Crippen LogP contribution in [0.1, 0.15) is 29.9 Å². The molecule has 4 heteroatoms. The Kier molecular flexibility index (Phi) is 4.93. The maximum Gasteiger partial charge on any atom is 0.226 e. The van der Waals surface area contributed by atoms with Crippen LogP contribution < -0.4 is 10.1 Å². The van der Waals surface area contributed by atoms with Crippen molar-refractivity contribution < 1.29 is 9.53 Å². The average molecular weight is 350 g/mol. The predicted octanol–water partition coefficient (Wildman–Crippen LogP) is 3.19. The highest BCUT2D eigenvalue weighted by Gasteiger charge is 2.46. The van der Waals surface area contributed by atoms with E-state index in [0.29, 0.717) is 24.5 Å².